The third-order valence-electron chi connectivity index (χ3n) is 7.04. The minimum atomic E-state index is -4.69. The lowest BCUT2D eigenvalue weighted by molar-refractivity contribution is -0.137. The van der Waals surface area contributed by atoms with E-state index in [1.807, 2.05) is 0 Å². The predicted molar refractivity (Wildman–Crippen MR) is 135 cm³/mol. The number of carbonyl (C=O) groups is 1. The molecule has 3 heterocycles. The summed E-state index contributed by atoms with van der Waals surface area (Å²) in [6.45, 7) is 6.37. The number of likely N-dealkylation sites (tertiary alicyclic amines) is 1. The molecule has 12 heteroatoms. The molecule has 1 unspecified atom stereocenters. The summed E-state index contributed by atoms with van der Waals surface area (Å²) in [5.41, 5.74) is -1.83. The van der Waals surface area contributed by atoms with Crippen LogP contribution in [0, 0.1) is 11.8 Å². The number of carbonyl (C=O) groups excluding carboxylic acids is 1. The predicted octanol–water partition coefficient (Wildman–Crippen LogP) is 5.35. The van der Waals surface area contributed by atoms with Crippen molar-refractivity contribution in [3.8, 4) is 0 Å². The average molecular weight is 551 g/mol. The lowest BCUT2D eigenvalue weighted by atomic mass is 10.0. The van der Waals surface area contributed by atoms with Crippen molar-refractivity contribution >= 4 is 32.8 Å². The Morgan fingerprint density at radius 2 is 1.68 bits per heavy atom. The number of hydrogen-bond donors (Lipinski definition) is 1. The van der Waals surface area contributed by atoms with E-state index >= 15 is 0 Å². The number of rotatable bonds is 4. The number of benzene rings is 1. The zero-order chi connectivity index (χ0) is 27.5. The van der Waals surface area contributed by atoms with E-state index in [4.69, 9.17) is 4.74 Å². The fourth-order valence-electron chi connectivity index (χ4n) is 5.43. The molecule has 0 bridgehead atoms. The molecule has 3 atom stereocenters. The fourth-order valence-corrected chi connectivity index (χ4v) is 6.75. The molecule has 38 heavy (non-hydrogen) atoms. The van der Waals surface area contributed by atoms with Gasteiger partial charge in [0.05, 0.1) is 16.1 Å². The Balaban J connectivity index is 1.42. The van der Waals surface area contributed by atoms with E-state index < -0.39 is 27.4 Å². The van der Waals surface area contributed by atoms with Gasteiger partial charge < -0.3 is 15.0 Å². The van der Waals surface area contributed by atoms with Crippen molar-refractivity contribution in [2.24, 2.45) is 11.8 Å². The number of nitrogens with zero attached hydrogens (tertiary/aromatic N) is 3. The summed E-state index contributed by atoms with van der Waals surface area (Å²) in [5.74, 6) is 0.268. The molecule has 1 saturated carbocycles. The zero-order valence-corrected chi connectivity index (χ0v) is 22.0. The molecule has 1 N–H and O–H groups in total. The number of hydrogen-bond acceptors (Lipinski definition) is 6. The van der Waals surface area contributed by atoms with Crippen molar-refractivity contribution in [1.29, 1.82) is 0 Å². The summed E-state index contributed by atoms with van der Waals surface area (Å²) in [7, 11) is -4.06. The first-order valence-electron chi connectivity index (χ1n) is 12.4. The third-order valence-corrected chi connectivity index (χ3v) is 8.72. The first-order valence-corrected chi connectivity index (χ1v) is 13.8. The van der Waals surface area contributed by atoms with Gasteiger partial charge in [-0.05, 0) is 63.6 Å². The van der Waals surface area contributed by atoms with Gasteiger partial charge in [-0.3, -0.25) is 0 Å². The number of alkyl halides is 3. The maximum atomic E-state index is 14.0. The number of ether oxygens (including phenoxy) is 1. The molecule has 1 saturated heterocycles. The van der Waals surface area contributed by atoms with E-state index in [1.54, 1.807) is 43.9 Å². The highest BCUT2D eigenvalue weighted by Crippen LogP contribution is 2.43. The zero-order valence-electron chi connectivity index (χ0n) is 21.2. The molecule has 0 spiro atoms. The van der Waals surface area contributed by atoms with E-state index in [9.17, 15) is 26.4 Å². The van der Waals surface area contributed by atoms with Gasteiger partial charge in [-0.2, -0.15) is 13.2 Å². The molecular formula is C26H29F3N4O4S. The minimum Gasteiger partial charge on any atom is -0.444 e. The molecule has 1 aliphatic heterocycles. The molecular weight excluding hydrogens is 521 g/mol. The number of halogens is 3. The molecule has 3 aromatic rings. The number of fused-ring (bicyclic) bond motifs is 2. The topological polar surface area (TPSA) is 93.5 Å². The first-order chi connectivity index (χ1) is 17.7. The van der Waals surface area contributed by atoms with Crippen LogP contribution in [-0.4, -0.2) is 53.1 Å². The van der Waals surface area contributed by atoms with Gasteiger partial charge >= 0.3 is 12.3 Å². The molecule has 1 aliphatic carbocycles. The Morgan fingerprint density at radius 1 is 1.05 bits per heavy atom. The van der Waals surface area contributed by atoms with Gasteiger partial charge in [0.15, 0.2) is 5.65 Å². The molecule has 8 nitrogen and oxygen atoms in total. The van der Waals surface area contributed by atoms with Crippen molar-refractivity contribution < 1.29 is 31.1 Å². The Kier molecular flexibility index (Phi) is 6.36. The van der Waals surface area contributed by atoms with Gasteiger partial charge in [0.1, 0.15) is 5.60 Å². The number of pyridine rings is 1. The molecule has 2 aromatic heterocycles. The SMILES string of the molecule is CC(C)(C)OC(=O)N1CC2C[C@@H](Nc3c(C(F)(F)F)cnc4c3ccn4S(=O)(=O)c3ccccc3)C[C@@H]2C1. The lowest BCUT2D eigenvalue weighted by Gasteiger charge is -2.26. The first kappa shape index (κ1) is 26.3. The van der Waals surface area contributed by atoms with Gasteiger partial charge in [-0.15, -0.1) is 0 Å². The molecule has 0 radical (unpaired) electrons. The van der Waals surface area contributed by atoms with Gasteiger partial charge in [0.25, 0.3) is 10.0 Å². The molecule has 5 rings (SSSR count). The van der Waals surface area contributed by atoms with Gasteiger partial charge in [-0.25, -0.2) is 22.2 Å². The van der Waals surface area contributed by atoms with Crippen LogP contribution in [0.5, 0.6) is 0 Å². The summed E-state index contributed by atoms with van der Waals surface area (Å²) in [6, 6.07) is 8.73. The van der Waals surface area contributed by atoms with Gasteiger partial charge in [0, 0.05) is 36.9 Å². The van der Waals surface area contributed by atoms with Crippen LogP contribution in [0.3, 0.4) is 0 Å². The van der Waals surface area contributed by atoms with E-state index in [-0.39, 0.29) is 45.6 Å². The van der Waals surface area contributed by atoms with E-state index in [2.05, 4.69) is 10.3 Å². The van der Waals surface area contributed by atoms with Gasteiger partial charge in [0.2, 0.25) is 0 Å². The Morgan fingerprint density at radius 3 is 2.26 bits per heavy atom. The van der Waals surface area contributed by atoms with Crippen LogP contribution in [0.4, 0.5) is 23.7 Å². The quantitative estimate of drug-likeness (QED) is 0.471. The van der Waals surface area contributed by atoms with Crippen molar-refractivity contribution in [2.45, 2.75) is 56.3 Å². The molecule has 204 valence electrons. The largest absolute Gasteiger partial charge is 0.444 e. The Hall–Kier alpha value is -3.28. The minimum absolute atomic E-state index is 0.00636. The number of amides is 1. The van der Waals surface area contributed by atoms with Crippen LogP contribution < -0.4 is 5.32 Å². The molecule has 1 amide bonds. The lowest BCUT2D eigenvalue weighted by Crippen LogP contribution is -2.36. The summed E-state index contributed by atoms with van der Waals surface area (Å²) in [6.07, 6.45) is -2.00. The Labute approximate surface area is 218 Å². The maximum absolute atomic E-state index is 14.0. The highest BCUT2D eigenvalue weighted by molar-refractivity contribution is 7.90. The summed E-state index contributed by atoms with van der Waals surface area (Å²) < 4.78 is 74.7. The third kappa shape index (κ3) is 4.93. The van der Waals surface area contributed by atoms with Crippen LogP contribution in [0.2, 0.25) is 0 Å². The highest BCUT2D eigenvalue weighted by Gasteiger charge is 2.44. The second kappa shape index (κ2) is 9.18. The Bertz CT molecular complexity index is 1450. The summed E-state index contributed by atoms with van der Waals surface area (Å²) in [4.78, 5) is 18.0. The monoisotopic (exact) mass is 550 g/mol. The smallest absolute Gasteiger partial charge is 0.419 e. The van der Waals surface area contributed by atoms with Crippen molar-refractivity contribution in [3.05, 3.63) is 54.4 Å². The second-order valence-corrected chi connectivity index (χ2v) is 12.7. The number of anilines is 1. The van der Waals surface area contributed by atoms with Crippen molar-refractivity contribution in [3.63, 3.8) is 0 Å². The summed E-state index contributed by atoms with van der Waals surface area (Å²) >= 11 is 0. The number of aromatic nitrogens is 2. The van der Waals surface area contributed by atoms with Gasteiger partial charge in [-0.1, -0.05) is 18.2 Å². The normalized spacial score (nSPS) is 22.1. The summed E-state index contributed by atoms with van der Waals surface area (Å²) in [5, 5.41) is 3.15. The van der Waals surface area contributed by atoms with Crippen LogP contribution >= 0.6 is 0 Å². The fraction of sp³-hybridized carbons (Fsp3) is 0.462. The highest BCUT2D eigenvalue weighted by atomic mass is 32.2. The molecule has 1 aromatic carbocycles. The van der Waals surface area contributed by atoms with Crippen LogP contribution in [-0.2, 0) is 20.9 Å². The van der Waals surface area contributed by atoms with Crippen LogP contribution in [0.1, 0.15) is 39.2 Å². The van der Waals surface area contributed by atoms with Crippen molar-refractivity contribution in [1.82, 2.24) is 13.9 Å². The number of nitrogens with one attached hydrogen (secondary N) is 1. The van der Waals surface area contributed by atoms with E-state index in [0.29, 0.717) is 32.1 Å². The second-order valence-electron chi connectivity index (χ2n) is 10.9. The van der Waals surface area contributed by atoms with Crippen LogP contribution in [0.15, 0.2) is 53.7 Å². The maximum Gasteiger partial charge on any atom is 0.419 e. The van der Waals surface area contributed by atoms with Crippen LogP contribution in [0.25, 0.3) is 11.0 Å². The average Bonchev–Trinajstić information content (AvgIpc) is 3.51. The molecule has 2 fully saturated rings. The molecule has 2 aliphatic rings. The van der Waals surface area contributed by atoms with Crippen molar-refractivity contribution in [2.75, 3.05) is 18.4 Å². The standard InChI is InChI=1S/C26H29F3N4O4S/c1-25(2,3)37-24(34)32-14-16-11-18(12-17(16)15-32)31-22-20-9-10-33(23(20)30-13-21(22)26(27,28)29)38(35,36)19-7-5-4-6-8-19/h4-10,13,16-18H,11-12,14-15H2,1-3H3,(H,30,31)/t16-,17?,18+/m1/s1. The van der Waals surface area contributed by atoms with E-state index in [1.165, 1.54) is 24.4 Å². The van der Waals surface area contributed by atoms with E-state index in [0.717, 1.165) is 3.97 Å².